The van der Waals surface area contributed by atoms with Crippen LogP contribution in [0.25, 0.3) is 0 Å². The Labute approximate surface area is 64.7 Å². The monoisotopic (exact) mass is 151 g/mol. The summed E-state index contributed by atoms with van der Waals surface area (Å²) in [6.45, 7) is 2.73. The van der Waals surface area contributed by atoms with Crippen molar-refractivity contribution in [2.24, 2.45) is 0 Å². The Balaban J connectivity index is 2.74. The van der Waals surface area contributed by atoms with E-state index in [0.29, 0.717) is 11.5 Å². The van der Waals surface area contributed by atoms with Crippen molar-refractivity contribution >= 4 is 12.2 Å². The Morgan fingerprint density at radius 3 is 2.64 bits per heavy atom. The summed E-state index contributed by atoms with van der Waals surface area (Å²) in [7, 11) is 0. The Morgan fingerprint density at radius 2 is 2.18 bits per heavy atom. The normalized spacial score (nSPS) is 9.18. The lowest BCUT2D eigenvalue weighted by Crippen LogP contribution is -2.01. The molecule has 4 heteroatoms. The summed E-state index contributed by atoms with van der Waals surface area (Å²) in [5.41, 5.74) is 0.492. The molecular formula is C7H9N3O. The SMILES string of the molecule is CCNc1ncc(C=O)cn1. The van der Waals surface area contributed by atoms with Crippen LogP contribution in [-0.4, -0.2) is 22.8 Å². The van der Waals surface area contributed by atoms with Gasteiger partial charge in [-0.15, -0.1) is 0 Å². The number of nitrogens with one attached hydrogen (secondary N) is 1. The van der Waals surface area contributed by atoms with E-state index in [1.54, 1.807) is 0 Å². The molecule has 0 bridgehead atoms. The lowest BCUT2D eigenvalue weighted by atomic mass is 10.4. The summed E-state index contributed by atoms with van der Waals surface area (Å²) in [6.07, 6.45) is 3.69. The maximum absolute atomic E-state index is 10.2. The van der Waals surface area contributed by atoms with Gasteiger partial charge in [0.15, 0.2) is 6.29 Å². The summed E-state index contributed by atoms with van der Waals surface area (Å²) in [5, 5.41) is 2.92. The van der Waals surface area contributed by atoms with Gasteiger partial charge in [0.2, 0.25) is 5.95 Å². The first-order valence-electron chi connectivity index (χ1n) is 3.38. The number of rotatable bonds is 3. The van der Waals surface area contributed by atoms with Gasteiger partial charge in [0, 0.05) is 18.9 Å². The van der Waals surface area contributed by atoms with Gasteiger partial charge in [-0.25, -0.2) is 9.97 Å². The molecule has 0 aliphatic heterocycles. The first-order valence-corrected chi connectivity index (χ1v) is 3.38. The van der Waals surface area contributed by atoms with Gasteiger partial charge in [0.25, 0.3) is 0 Å². The lowest BCUT2D eigenvalue weighted by molar-refractivity contribution is 0.112. The molecule has 0 saturated heterocycles. The van der Waals surface area contributed by atoms with Crippen molar-refractivity contribution in [3.05, 3.63) is 18.0 Å². The highest BCUT2D eigenvalue weighted by Crippen LogP contribution is 1.96. The molecule has 0 saturated carbocycles. The number of hydrogen-bond donors (Lipinski definition) is 1. The van der Waals surface area contributed by atoms with Crippen LogP contribution in [0.3, 0.4) is 0 Å². The van der Waals surface area contributed by atoms with Crippen molar-refractivity contribution < 1.29 is 4.79 Å². The molecule has 1 rings (SSSR count). The topological polar surface area (TPSA) is 54.9 Å². The van der Waals surface area contributed by atoms with Crippen molar-refractivity contribution in [2.75, 3.05) is 11.9 Å². The number of hydrogen-bond acceptors (Lipinski definition) is 4. The molecule has 0 amide bonds. The van der Waals surface area contributed by atoms with Crippen molar-refractivity contribution in [1.82, 2.24) is 9.97 Å². The molecule has 0 unspecified atom stereocenters. The molecule has 0 aliphatic rings. The van der Waals surface area contributed by atoms with Gasteiger partial charge < -0.3 is 5.32 Å². The van der Waals surface area contributed by atoms with E-state index in [0.717, 1.165) is 12.8 Å². The maximum Gasteiger partial charge on any atom is 0.222 e. The minimum absolute atomic E-state index is 0.492. The van der Waals surface area contributed by atoms with Crippen molar-refractivity contribution in [3.8, 4) is 0 Å². The van der Waals surface area contributed by atoms with Crippen LogP contribution in [0.2, 0.25) is 0 Å². The second kappa shape index (κ2) is 3.65. The van der Waals surface area contributed by atoms with Gasteiger partial charge >= 0.3 is 0 Å². The average Bonchev–Trinajstić information content (AvgIpc) is 2.07. The highest BCUT2D eigenvalue weighted by molar-refractivity contribution is 5.73. The van der Waals surface area contributed by atoms with Gasteiger partial charge in [0.05, 0.1) is 5.56 Å². The van der Waals surface area contributed by atoms with Gasteiger partial charge in [-0.2, -0.15) is 0 Å². The quantitative estimate of drug-likeness (QED) is 0.647. The maximum atomic E-state index is 10.2. The molecule has 1 N–H and O–H groups in total. The molecule has 1 aromatic heterocycles. The van der Waals surface area contributed by atoms with E-state index >= 15 is 0 Å². The molecule has 1 aromatic rings. The zero-order chi connectivity index (χ0) is 8.10. The van der Waals surface area contributed by atoms with Crippen LogP contribution in [0, 0.1) is 0 Å². The number of carbonyl (C=O) groups is 1. The Morgan fingerprint density at radius 1 is 1.55 bits per heavy atom. The third-order valence-electron chi connectivity index (χ3n) is 1.14. The Bertz CT molecular complexity index is 232. The molecule has 0 fully saturated rings. The third kappa shape index (κ3) is 2.00. The number of aromatic nitrogens is 2. The number of anilines is 1. The van der Waals surface area contributed by atoms with Crippen LogP contribution in [-0.2, 0) is 0 Å². The largest absolute Gasteiger partial charge is 0.355 e. The van der Waals surface area contributed by atoms with E-state index in [-0.39, 0.29) is 0 Å². The van der Waals surface area contributed by atoms with E-state index in [9.17, 15) is 4.79 Å². The minimum Gasteiger partial charge on any atom is -0.355 e. The zero-order valence-electron chi connectivity index (χ0n) is 6.24. The van der Waals surface area contributed by atoms with Crippen molar-refractivity contribution in [1.29, 1.82) is 0 Å². The second-order valence-corrected chi connectivity index (χ2v) is 1.99. The Hall–Kier alpha value is -1.45. The number of aldehydes is 1. The summed E-state index contributed by atoms with van der Waals surface area (Å²) in [5.74, 6) is 0.554. The fraction of sp³-hybridized carbons (Fsp3) is 0.286. The van der Waals surface area contributed by atoms with Gasteiger partial charge in [0.1, 0.15) is 0 Å². The van der Waals surface area contributed by atoms with Crippen molar-refractivity contribution in [2.45, 2.75) is 6.92 Å². The molecule has 0 radical (unpaired) electrons. The molecule has 4 nitrogen and oxygen atoms in total. The molecule has 0 aromatic carbocycles. The summed E-state index contributed by atoms with van der Waals surface area (Å²) < 4.78 is 0. The highest BCUT2D eigenvalue weighted by atomic mass is 16.1. The zero-order valence-corrected chi connectivity index (χ0v) is 6.24. The van der Waals surface area contributed by atoms with Crippen LogP contribution < -0.4 is 5.32 Å². The molecule has 58 valence electrons. The summed E-state index contributed by atoms with van der Waals surface area (Å²) >= 11 is 0. The molecule has 0 spiro atoms. The fourth-order valence-corrected chi connectivity index (χ4v) is 0.648. The van der Waals surface area contributed by atoms with Crippen LogP contribution >= 0.6 is 0 Å². The lowest BCUT2D eigenvalue weighted by Gasteiger charge is -1.98. The van der Waals surface area contributed by atoms with E-state index < -0.39 is 0 Å². The molecule has 0 atom stereocenters. The second-order valence-electron chi connectivity index (χ2n) is 1.99. The minimum atomic E-state index is 0.492. The first kappa shape index (κ1) is 7.65. The van der Waals surface area contributed by atoms with Crippen LogP contribution in [0.1, 0.15) is 17.3 Å². The van der Waals surface area contributed by atoms with E-state index in [4.69, 9.17) is 0 Å². The predicted molar refractivity (Wildman–Crippen MR) is 41.6 cm³/mol. The van der Waals surface area contributed by atoms with Gasteiger partial charge in [-0.05, 0) is 6.92 Å². The van der Waals surface area contributed by atoms with Crippen molar-refractivity contribution in [3.63, 3.8) is 0 Å². The standard InChI is InChI=1S/C7H9N3O/c1-2-8-7-9-3-6(5-11)4-10-7/h3-5H,2H2,1H3,(H,8,9,10). The summed E-state index contributed by atoms with van der Waals surface area (Å²) in [6, 6.07) is 0. The van der Waals surface area contributed by atoms with E-state index in [1.165, 1.54) is 12.4 Å². The molecule has 11 heavy (non-hydrogen) atoms. The van der Waals surface area contributed by atoms with Gasteiger partial charge in [-0.1, -0.05) is 0 Å². The smallest absolute Gasteiger partial charge is 0.222 e. The number of carbonyl (C=O) groups excluding carboxylic acids is 1. The van der Waals surface area contributed by atoms with E-state index in [1.807, 2.05) is 6.92 Å². The average molecular weight is 151 g/mol. The van der Waals surface area contributed by atoms with Crippen LogP contribution in [0.5, 0.6) is 0 Å². The van der Waals surface area contributed by atoms with Crippen LogP contribution in [0.4, 0.5) is 5.95 Å². The predicted octanol–water partition coefficient (Wildman–Crippen LogP) is 0.721. The first-order chi connectivity index (χ1) is 5.36. The fourth-order valence-electron chi connectivity index (χ4n) is 0.648. The molecular weight excluding hydrogens is 142 g/mol. The number of nitrogens with zero attached hydrogens (tertiary/aromatic N) is 2. The molecule has 0 aliphatic carbocycles. The van der Waals surface area contributed by atoms with E-state index in [2.05, 4.69) is 15.3 Å². The molecule has 1 heterocycles. The van der Waals surface area contributed by atoms with Crippen LogP contribution in [0.15, 0.2) is 12.4 Å². The highest BCUT2D eigenvalue weighted by Gasteiger charge is 1.92. The summed E-state index contributed by atoms with van der Waals surface area (Å²) in [4.78, 5) is 17.9. The third-order valence-corrected chi connectivity index (χ3v) is 1.14. The van der Waals surface area contributed by atoms with Gasteiger partial charge in [-0.3, -0.25) is 4.79 Å². The Kier molecular flexibility index (Phi) is 2.54.